The van der Waals surface area contributed by atoms with Crippen molar-refractivity contribution in [2.75, 3.05) is 13.1 Å². The van der Waals surface area contributed by atoms with Crippen molar-refractivity contribution in [2.24, 2.45) is 5.92 Å². The number of amides is 1. The second kappa shape index (κ2) is 5.71. The van der Waals surface area contributed by atoms with Crippen molar-refractivity contribution in [1.82, 2.24) is 19.7 Å². The monoisotopic (exact) mass is 288 g/mol. The number of carbonyl (C=O) groups is 1. The lowest BCUT2D eigenvalue weighted by atomic mass is 9.99. The van der Waals surface area contributed by atoms with Gasteiger partial charge in [0.05, 0.1) is 0 Å². The second-order valence-corrected chi connectivity index (χ2v) is 5.71. The summed E-state index contributed by atoms with van der Waals surface area (Å²) in [4.78, 5) is 14.3. The molecular formula is C15H20N4O2. The van der Waals surface area contributed by atoms with E-state index < -0.39 is 0 Å². The number of aromatic nitrogens is 3. The Morgan fingerprint density at radius 3 is 2.81 bits per heavy atom. The highest BCUT2D eigenvalue weighted by Gasteiger charge is 2.21. The van der Waals surface area contributed by atoms with Gasteiger partial charge in [0.1, 0.15) is 12.2 Å². The molecule has 2 aromatic heterocycles. The SMILES string of the molecule is Cc1nnc(-c2cccn2CC(=O)N2CCC(C)CC2)o1. The third-order valence-corrected chi connectivity index (χ3v) is 4.02. The van der Waals surface area contributed by atoms with Gasteiger partial charge in [0, 0.05) is 26.2 Å². The molecule has 1 amide bonds. The average Bonchev–Trinajstić information content (AvgIpc) is 3.08. The summed E-state index contributed by atoms with van der Waals surface area (Å²) in [7, 11) is 0. The standard InChI is InChI=1S/C15H20N4O2/c1-11-5-8-18(9-6-11)14(20)10-19-7-3-4-13(19)15-17-16-12(2)21-15/h3-4,7,11H,5-6,8-10H2,1-2H3. The van der Waals surface area contributed by atoms with E-state index in [1.807, 2.05) is 27.8 Å². The van der Waals surface area contributed by atoms with Crippen molar-refractivity contribution in [3.8, 4) is 11.6 Å². The number of likely N-dealkylation sites (tertiary alicyclic amines) is 1. The molecule has 0 spiro atoms. The van der Waals surface area contributed by atoms with E-state index in [0.717, 1.165) is 37.5 Å². The lowest BCUT2D eigenvalue weighted by Crippen LogP contribution is -2.39. The summed E-state index contributed by atoms with van der Waals surface area (Å²) in [5, 5.41) is 7.85. The summed E-state index contributed by atoms with van der Waals surface area (Å²) in [6.45, 7) is 6.03. The minimum Gasteiger partial charge on any atom is -0.420 e. The quantitative estimate of drug-likeness (QED) is 0.867. The lowest BCUT2D eigenvalue weighted by Gasteiger charge is -2.30. The Kier molecular flexibility index (Phi) is 3.77. The van der Waals surface area contributed by atoms with Gasteiger partial charge in [-0.05, 0) is 30.9 Å². The first kappa shape index (κ1) is 13.9. The molecule has 0 unspecified atom stereocenters. The van der Waals surface area contributed by atoms with Crippen LogP contribution in [0.2, 0.25) is 0 Å². The largest absolute Gasteiger partial charge is 0.420 e. The normalized spacial score (nSPS) is 16.4. The molecule has 0 aliphatic carbocycles. The molecule has 0 atom stereocenters. The maximum absolute atomic E-state index is 12.4. The van der Waals surface area contributed by atoms with Crippen LogP contribution in [0.5, 0.6) is 0 Å². The highest BCUT2D eigenvalue weighted by molar-refractivity contribution is 5.76. The Balaban J connectivity index is 1.71. The molecule has 21 heavy (non-hydrogen) atoms. The summed E-state index contributed by atoms with van der Waals surface area (Å²) >= 11 is 0. The van der Waals surface area contributed by atoms with Gasteiger partial charge in [-0.1, -0.05) is 6.92 Å². The van der Waals surface area contributed by atoms with Crippen LogP contribution in [0.15, 0.2) is 22.7 Å². The minimum atomic E-state index is 0.149. The topological polar surface area (TPSA) is 64.2 Å². The lowest BCUT2D eigenvalue weighted by molar-refractivity contribution is -0.133. The summed E-state index contributed by atoms with van der Waals surface area (Å²) in [5.41, 5.74) is 0.786. The molecule has 1 saturated heterocycles. The predicted octanol–water partition coefficient (Wildman–Crippen LogP) is 2.11. The van der Waals surface area contributed by atoms with Gasteiger partial charge in [-0.15, -0.1) is 10.2 Å². The van der Waals surface area contributed by atoms with Crippen LogP contribution < -0.4 is 0 Å². The molecule has 6 heteroatoms. The molecule has 112 valence electrons. The molecule has 2 aromatic rings. The summed E-state index contributed by atoms with van der Waals surface area (Å²) < 4.78 is 7.31. The van der Waals surface area contributed by atoms with Crippen LogP contribution in [0.3, 0.4) is 0 Å². The van der Waals surface area contributed by atoms with E-state index in [9.17, 15) is 4.79 Å². The molecule has 1 fully saturated rings. The highest BCUT2D eigenvalue weighted by atomic mass is 16.4. The Labute approximate surface area is 123 Å². The molecular weight excluding hydrogens is 268 g/mol. The minimum absolute atomic E-state index is 0.149. The predicted molar refractivity (Wildman–Crippen MR) is 77.4 cm³/mol. The van der Waals surface area contributed by atoms with E-state index in [4.69, 9.17) is 4.42 Å². The van der Waals surface area contributed by atoms with Crippen LogP contribution in [-0.2, 0) is 11.3 Å². The van der Waals surface area contributed by atoms with Crippen LogP contribution in [-0.4, -0.2) is 38.7 Å². The number of aryl methyl sites for hydroxylation is 1. The van der Waals surface area contributed by atoms with Crippen molar-refractivity contribution >= 4 is 5.91 Å². The molecule has 0 bridgehead atoms. The van der Waals surface area contributed by atoms with Crippen molar-refractivity contribution in [3.63, 3.8) is 0 Å². The Bertz CT molecular complexity index is 623. The molecule has 3 rings (SSSR count). The zero-order chi connectivity index (χ0) is 14.8. The third-order valence-electron chi connectivity index (χ3n) is 4.02. The summed E-state index contributed by atoms with van der Waals surface area (Å²) in [6.07, 6.45) is 4.06. The van der Waals surface area contributed by atoms with E-state index in [1.54, 1.807) is 6.92 Å². The maximum atomic E-state index is 12.4. The molecule has 0 radical (unpaired) electrons. The zero-order valence-corrected chi connectivity index (χ0v) is 12.5. The number of piperidine rings is 1. The van der Waals surface area contributed by atoms with E-state index in [2.05, 4.69) is 17.1 Å². The maximum Gasteiger partial charge on any atom is 0.264 e. The van der Waals surface area contributed by atoms with Gasteiger partial charge in [0.2, 0.25) is 11.8 Å². The molecule has 0 N–H and O–H groups in total. The van der Waals surface area contributed by atoms with Crippen LogP contribution in [0.4, 0.5) is 0 Å². The van der Waals surface area contributed by atoms with Crippen molar-refractivity contribution in [1.29, 1.82) is 0 Å². The van der Waals surface area contributed by atoms with Gasteiger partial charge in [0.15, 0.2) is 0 Å². The fourth-order valence-electron chi connectivity index (χ4n) is 2.65. The van der Waals surface area contributed by atoms with Crippen molar-refractivity contribution < 1.29 is 9.21 Å². The fraction of sp³-hybridized carbons (Fsp3) is 0.533. The molecule has 3 heterocycles. The highest BCUT2D eigenvalue weighted by Crippen LogP contribution is 2.20. The second-order valence-electron chi connectivity index (χ2n) is 5.71. The number of carbonyl (C=O) groups excluding carboxylic acids is 1. The smallest absolute Gasteiger partial charge is 0.264 e. The van der Waals surface area contributed by atoms with Crippen LogP contribution in [0.25, 0.3) is 11.6 Å². The van der Waals surface area contributed by atoms with E-state index in [0.29, 0.717) is 18.3 Å². The molecule has 6 nitrogen and oxygen atoms in total. The number of hydrogen-bond donors (Lipinski definition) is 0. The number of nitrogens with zero attached hydrogens (tertiary/aromatic N) is 4. The molecule has 1 aliphatic heterocycles. The van der Waals surface area contributed by atoms with E-state index in [-0.39, 0.29) is 5.91 Å². The van der Waals surface area contributed by atoms with Crippen molar-refractivity contribution in [3.05, 3.63) is 24.2 Å². The number of hydrogen-bond acceptors (Lipinski definition) is 4. The molecule has 0 aromatic carbocycles. The Hall–Kier alpha value is -2.11. The van der Waals surface area contributed by atoms with Gasteiger partial charge in [-0.3, -0.25) is 4.79 Å². The first-order chi connectivity index (χ1) is 10.1. The van der Waals surface area contributed by atoms with E-state index in [1.165, 1.54) is 0 Å². The zero-order valence-electron chi connectivity index (χ0n) is 12.5. The van der Waals surface area contributed by atoms with Gasteiger partial charge in [-0.2, -0.15) is 0 Å². The van der Waals surface area contributed by atoms with Crippen LogP contribution in [0.1, 0.15) is 25.7 Å². The van der Waals surface area contributed by atoms with Crippen molar-refractivity contribution in [2.45, 2.75) is 33.2 Å². The molecule has 1 aliphatic rings. The Morgan fingerprint density at radius 2 is 2.14 bits per heavy atom. The fourth-order valence-corrected chi connectivity index (χ4v) is 2.65. The first-order valence-electron chi connectivity index (χ1n) is 7.37. The third kappa shape index (κ3) is 2.99. The van der Waals surface area contributed by atoms with Crippen LogP contribution in [0, 0.1) is 12.8 Å². The van der Waals surface area contributed by atoms with Gasteiger partial charge in [-0.25, -0.2) is 0 Å². The average molecular weight is 288 g/mol. The summed E-state index contributed by atoms with van der Waals surface area (Å²) in [5.74, 6) is 1.85. The van der Waals surface area contributed by atoms with Gasteiger partial charge in [0.25, 0.3) is 5.89 Å². The number of rotatable bonds is 3. The van der Waals surface area contributed by atoms with Crippen LogP contribution >= 0.6 is 0 Å². The van der Waals surface area contributed by atoms with Gasteiger partial charge < -0.3 is 13.9 Å². The summed E-state index contributed by atoms with van der Waals surface area (Å²) in [6, 6.07) is 3.78. The molecule has 0 saturated carbocycles. The first-order valence-corrected chi connectivity index (χ1v) is 7.37. The van der Waals surface area contributed by atoms with Gasteiger partial charge >= 0.3 is 0 Å². The Morgan fingerprint density at radius 1 is 1.38 bits per heavy atom. The van der Waals surface area contributed by atoms with E-state index >= 15 is 0 Å².